The highest BCUT2D eigenvalue weighted by molar-refractivity contribution is 7.99. The minimum absolute atomic E-state index is 0.0730. The number of imidazole rings is 1. The number of aryl methyl sites for hydroxylation is 1. The van der Waals surface area contributed by atoms with Gasteiger partial charge in [-0.3, -0.25) is 4.79 Å². The second kappa shape index (κ2) is 5.57. The monoisotopic (exact) mass is 282 g/mol. The van der Waals surface area contributed by atoms with E-state index in [1.807, 2.05) is 6.92 Å². The van der Waals surface area contributed by atoms with Crippen molar-refractivity contribution in [2.24, 2.45) is 5.41 Å². The van der Waals surface area contributed by atoms with E-state index in [1.54, 1.807) is 0 Å². The maximum absolute atomic E-state index is 10.7. The summed E-state index contributed by atoms with van der Waals surface area (Å²) in [7, 11) is 0. The topological polar surface area (TPSA) is 55.1 Å². The van der Waals surface area contributed by atoms with Gasteiger partial charge in [0.2, 0.25) is 0 Å². The highest BCUT2D eigenvalue weighted by Gasteiger charge is 2.34. The van der Waals surface area contributed by atoms with Crippen LogP contribution < -0.4 is 0 Å². The molecule has 0 radical (unpaired) electrons. The van der Waals surface area contributed by atoms with E-state index in [9.17, 15) is 4.79 Å². The van der Waals surface area contributed by atoms with Crippen molar-refractivity contribution in [3.63, 3.8) is 0 Å². The maximum Gasteiger partial charge on any atom is 0.313 e. The Hall–Kier alpha value is -0.970. The lowest BCUT2D eigenvalue weighted by Crippen LogP contribution is -2.30. The van der Waals surface area contributed by atoms with E-state index in [0.717, 1.165) is 17.3 Å². The molecule has 1 unspecified atom stereocenters. The second-order valence-electron chi connectivity index (χ2n) is 6.00. The van der Waals surface area contributed by atoms with Gasteiger partial charge in [-0.1, -0.05) is 38.5 Å². The number of carboxylic acid groups (broad SMARTS) is 1. The molecule has 0 saturated heterocycles. The maximum atomic E-state index is 10.7. The third kappa shape index (κ3) is 3.32. The second-order valence-corrected chi connectivity index (χ2v) is 6.95. The molecule has 2 rings (SSSR count). The summed E-state index contributed by atoms with van der Waals surface area (Å²) >= 11 is 1.32. The molecule has 1 atom stereocenters. The molecule has 1 aromatic heterocycles. The number of aliphatic carboxylic acids is 1. The summed E-state index contributed by atoms with van der Waals surface area (Å²) in [6.45, 7) is 6.58. The standard InChI is InChI=1S/C14H22N2O2S/c1-10-8-16(13(15-10)19-9-12(17)18)11-6-4-5-7-14(11,2)3/h8,11H,4-7,9H2,1-3H3,(H,17,18). The molecule has 0 aromatic carbocycles. The lowest BCUT2D eigenvalue weighted by Gasteiger charge is -2.40. The summed E-state index contributed by atoms with van der Waals surface area (Å²) in [6.07, 6.45) is 6.98. The van der Waals surface area contributed by atoms with Gasteiger partial charge in [-0.05, 0) is 25.2 Å². The largest absolute Gasteiger partial charge is 0.481 e. The van der Waals surface area contributed by atoms with Gasteiger partial charge in [0.25, 0.3) is 0 Å². The van der Waals surface area contributed by atoms with Gasteiger partial charge in [-0.2, -0.15) is 0 Å². The van der Waals surface area contributed by atoms with Crippen LogP contribution in [0.25, 0.3) is 0 Å². The first-order valence-corrected chi connectivity index (χ1v) is 7.79. The Morgan fingerprint density at radius 2 is 2.32 bits per heavy atom. The van der Waals surface area contributed by atoms with E-state index < -0.39 is 5.97 Å². The first kappa shape index (κ1) is 14.4. The number of hydrogen-bond donors (Lipinski definition) is 1. The number of aromatic nitrogens is 2. The van der Waals surface area contributed by atoms with Crippen molar-refractivity contribution in [3.05, 3.63) is 11.9 Å². The average Bonchev–Trinajstić information content (AvgIpc) is 2.67. The van der Waals surface area contributed by atoms with E-state index >= 15 is 0 Å². The summed E-state index contributed by atoms with van der Waals surface area (Å²) in [6, 6.07) is 0.429. The lowest BCUT2D eigenvalue weighted by molar-refractivity contribution is -0.133. The molecule has 106 valence electrons. The molecule has 1 aromatic rings. The van der Waals surface area contributed by atoms with Crippen LogP contribution in [0.2, 0.25) is 0 Å². The van der Waals surface area contributed by atoms with Gasteiger partial charge in [0.1, 0.15) is 0 Å². The van der Waals surface area contributed by atoms with Crippen molar-refractivity contribution in [2.75, 3.05) is 5.75 Å². The van der Waals surface area contributed by atoms with Gasteiger partial charge < -0.3 is 9.67 Å². The van der Waals surface area contributed by atoms with Crippen LogP contribution in [0.4, 0.5) is 0 Å². The van der Waals surface area contributed by atoms with E-state index in [0.29, 0.717) is 6.04 Å². The Morgan fingerprint density at radius 1 is 1.58 bits per heavy atom. The molecule has 1 heterocycles. The van der Waals surface area contributed by atoms with E-state index in [1.165, 1.54) is 31.0 Å². The van der Waals surface area contributed by atoms with Crippen LogP contribution in [0.5, 0.6) is 0 Å². The molecule has 1 fully saturated rings. The number of rotatable bonds is 4. The zero-order chi connectivity index (χ0) is 14.0. The van der Waals surface area contributed by atoms with Crippen LogP contribution in [0.1, 0.15) is 51.3 Å². The van der Waals surface area contributed by atoms with Crippen LogP contribution in [0, 0.1) is 12.3 Å². The summed E-state index contributed by atoms with van der Waals surface area (Å²) in [5, 5.41) is 9.67. The molecule has 1 N–H and O–H groups in total. The molecule has 0 spiro atoms. The van der Waals surface area contributed by atoms with Crippen molar-refractivity contribution < 1.29 is 9.90 Å². The Labute approximate surface area is 118 Å². The highest BCUT2D eigenvalue weighted by Crippen LogP contribution is 2.45. The van der Waals surface area contributed by atoms with Crippen molar-refractivity contribution in [1.29, 1.82) is 0 Å². The Balaban J connectivity index is 2.25. The van der Waals surface area contributed by atoms with Crippen LogP contribution in [0.15, 0.2) is 11.4 Å². The number of carboxylic acids is 1. The lowest BCUT2D eigenvalue weighted by atomic mass is 9.73. The summed E-state index contributed by atoms with van der Waals surface area (Å²) in [5.41, 5.74) is 1.22. The number of carbonyl (C=O) groups is 1. The molecule has 4 nitrogen and oxygen atoms in total. The molecule has 0 bridgehead atoms. The zero-order valence-electron chi connectivity index (χ0n) is 11.8. The van der Waals surface area contributed by atoms with Crippen LogP contribution in [-0.4, -0.2) is 26.4 Å². The van der Waals surface area contributed by atoms with Gasteiger partial charge in [-0.15, -0.1) is 0 Å². The van der Waals surface area contributed by atoms with Crippen molar-refractivity contribution in [3.8, 4) is 0 Å². The van der Waals surface area contributed by atoms with Crippen LogP contribution in [-0.2, 0) is 4.79 Å². The Morgan fingerprint density at radius 3 is 2.95 bits per heavy atom. The predicted octanol–water partition coefficient (Wildman–Crippen LogP) is 3.51. The molecule has 19 heavy (non-hydrogen) atoms. The quantitative estimate of drug-likeness (QED) is 0.859. The van der Waals surface area contributed by atoms with Gasteiger partial charge in [0.05, 0.1) is 11.4 Å². The molecule has 0 aliphatic heterocycles. The third-order valence-corrected chi connectivity index (χ3v) is 4.88. The van der Waals surface area contributed by atoms with Gasteiger partial charge in [0, 0.05) is 12.2 Å². The number of thioether (sulfide) groups is 1. The van der Waals surface area contributed by atoms with Crippen molar-refractivity contribution in [1.82, 2.24) is 9.55 Å². The summed E-state index contributed by atoms with van der Waals surface area (Å²) < 4.78 is 2.21. The predicted molar refractivity (Wildman–Crippen MR) is 76.6 cm³/mol. The molecular formula is C14H22N2O2S. The van der Waals surface area contributed by atoms with E-state index in [4.69, 9.17) is 5.11 Å². The van der Waals surface area contributed by atoms with E-state index in [2.05, 4.69) is 29.6 Å². The highest BCUT2D eigenvalue weighted by atomic mass is 32.2. The SMILES string of the molecule is Cc1cn(C2CCCCC2(C)C)c(SCC(=O)O)n1. The number of nitrogens with zero attached hydrogens (tertiary/aromatic N) is 2. The fourth-order valence-corrected chi connectivity index (χ4v) is 3.73. The molecule has 1 aliphatic rings. The van der Waals surface area contributed by atoms with E-state index in [-0.39, 0.29) is 11.2 Å². The van der Waals surface area contributed by atoms with Gasteiger partial charge in [0.15, 0.2) is 5.16 Å². The normalized spacial score (nSPS) is 22.4. The van der Waals surface area contributed by atoms with Crippen molar-refractivity contribution >= 4 is 17.7 Å². The molecule has 5 heteroatoms. The summed E-state index contributed by atoms with van der Waals surface area (Å²) in [5.74, 6) is -0.719. The Bertz CT molecular complexity index is 468. The average molecular weight is 282 g/mol. The van der Waals surface area contributed by atoms with Gasteiger partial charge in [-0.25, -0.2) is 4.98 Å². The minimum atomic E-state index is -0.792. The first-order valence-electron chi connectivity index (χ1n) is 6.80. The van der Waals surface area contributed by atoms with Crippen LogP contribution in [0.3, 0.4) is 0 Å². The van der Waals surface area contributed by atoms with Gasteiger partial charge >= 0.3 is 5.97 Å². The molecule has 1 aliphatic carbocycles. The fraction of sp³-hybridized carbons (Fsp3) is 0.714. The van der Waals surface area contributed by atoms with Crippen molar-refractivity contribution in [2.45, 2.75) is 57.7 Å². The number of hydrogen-bond acceptors (Lipinski definition) is 3. The van der Waals surface area contributed by atoms with Crippen LogP contribution >= 0.6 is 11.8 Å². The fourth-order valence-electron chi connectivity index (χ4n) is 2.94. The molecule has 1 saturated carbocycles. The Kier molecular flexibility index (Phi) is 4.23. The zero-order valence-corrected chi connectivity index (χ0v) is 12.7. The molecular weight excluding hydrogens is 260 g/mol. The first-order chi connectivity index (χ1) is 8.90. The summed E-state index contributed by atoms with van der Waals surface area (Å²) in [4.78, 5) is 15.2. The third-order valence-electron chi connectivity index (χ3n) is 3.93. The molecule has 0 amide bonds. The smallest absolute Gasteiger partial charge is 0.313 e. The minimum Gasteiger partial charge on any atom is -0.481 e.